The van der Waals surface area contributed by atoms with Crippen molar-refractivity contribution in [3.8, 4) is 0 Å². The van der Waals surface area contributed by atoms with Gasteiger partial charge >= 0.3 is 0 Å². The summed E-state index contributed by atoms with van der Waals surface area (Å²) < 4.78 is 22.8. The maximum atomic E-state index is 11.4. The van der Waals surface area contributed by atoms with E-state index < -0.39 is 10.0 Å². The van der Waals surface area contributed by atoms with E-state index in [2.05, 4.69) is 36.0 Å². The van der Waals surface area contributed by atoms with Crippen LogP contribution in [0.15, 0.2) is 23.2 Å². The molecular formula is C18H31N5O2S. The first-order valence-electron chi connectivity index (χ1n) is 9.14. The van der Waals surface area contributed by atoms with Gasteiger partial charge in [-0.15, -0.1) is 0 Å². The first-order valence-corrected chi connectivity index (χ1v) is 10.7. The molecule has 1 saturated heterocycles. The molecule has 26 heavy (non-hydrogen) atoms. The molecule has 7 nitrogen and oxygen atoms in total. The largest absolute Gasteiger partial charge is 0.368 e. The lowest BCUT2D eigenvalue weighted by molar-refractivity contribution is 0.276. The van der Waals surface area contributed by atoms with Gasteiger partial charge in [0, 0.05) is 24.5 Å². The zero-order valence-corrected chi connectivity index (χ0v) is 16.9. The van der Waals surface area contributed by atoms with Crippen LogP contribution in [0.3, 0.4) is 0 Å². The van der Waals surface area contributed by atoms with Crippen molar-refractivity contribution in [1.29, 1.82) is 5.41 Å². The lowest BCUT2D eigenvalue weighted by Crippen LogP contribution is -2.41. The van der Waals surface area contributed by atoms with Crippen LogP contribution in [0.1, 0.15) is 53.4 Å². The average molecular weight is 382 g/mol. The zero-order valence-electron chi connectivity index (χ0n) is 16.1. The predicted molar refractivity (Wildman–Crippen MR) is 105 cm³/mol. The standard InChI is InChI=1S/C18H31N5O2S/c1-5-15(19)23-12-14(11-18(23,3)4)10-9-13(2)21-16-7-6-8-17(22-16)26(20,24)25/h6-8,13-14,19H,5,9-12H2,1-4H3,(H,21,22)(H2,20,24,25). The first kappa shape index (κ1) is 20.6. The molecule has 1 aromatic rings. The summed E-state index contributed by atoms with van der Waals surface area (Å²) in [6.45, 7) is 9.45. The quantitative estimate of drug-likeness (QED) is 0.496. The van der Waals surface area contributed by atoms with Crippen molar-refractivity contribution < 1.29 is 8.42 Å². The highest BCUT2D eigenvalue weighted by atomic mass is 32.2. The summed E-state index contributed by atoms with van der Waals surface area (Å²) in [7, 11) is -3.79. The van der Waals surface area contributed by atoms with Crippen molar-refractivity contribution in [3.05, 3.63) is 18.2 Å². The van der Waals surface area contributed by atoms with Crippen LogP contribution in [-0.4, -0.2) is 42.3 Å². The Kier molecular flexibility index (Phi) is 6.29. The van der Waals surface area contributed by atoms with Gasteiger partial charge in [-0.05, 0) is 58.1 Å². The first-order chi connectivity index (χ1) is 12.0. The lowest BCUT2D eigenvalue weighted by atomic mass is 9.92. The van der Waals surface area contributed by atoms with Crippen LogP contribution >= 0.6 is 0 Å². The maximum absolute atomic E-state index is 11.4. The molecule has 2 unspecified atom stereocenters. The van der Waals surface area contributed by atoms with Crippen LogP contribution in [0, 0.1) is 11.3 Å². The molecule has 2 rings (SSSR count). The summed E-state index contributed by atoms with van der Waals surface area (Å²) in [6, 6.07) is 4.94. The van der Waals surface area contributed by atoms with Crippen molar-refractivity contribution in [2.24, 2.45) is 11.1 Å². The van der Waals surface area contributed by atoms with E-state index in [0.29, 0.717) is 17.6 Å². The Labute approximate surface area is 156 Å². The van der Waals surface area contributed by atoms with Crippen LogP contribution < -0.4 is 10.5 Å². The van der Waals surface area contributed by atoms with Gasteiger partial charge in [-0.3, -0.25) is 5.41 Å². The van der Waals surface area contributed by atoms with Crippen molar-refractivity contribution in [2.75, 3.05) is 11.9 Å². The van der Waals surface area contributed by atoms with Gasteiger partial charge in [-0.2, -0.15) is 0 Å². The number of hydrogen-bond donors (Lipinski definition) is 3. The fraction of sp³-hybridized carbons (Fsp3) is 0.667. The topological polar surface area (TPSA) is 112 Å². The molecule has 0 saturated carbocycles. The number of amidine groups is 1. The second-order valence-electron chi connectivity index (χ2n) is 7.82. The molecule has 8 heteroatoms. The third kappa shape index (κ3) is 5.17. The smallest absolute Gasteiger partial charge is 0.255 e. The van der Waals surface area contributed by atoms with Gasteiger partial charge in [-0.1, -0.05) is 13.0 Å². The number of nitrogens with zero attached hydrogens (tertiary/aromatic N) is 2. The highest BCUT2D eigenvalue weighted by molar-refractivity contribution is 7.89. The second kappa shape index (κ2) is 7.92. The van der Waals surface area contributed by atoms with E-state index in [1.807, 2.05) is 6.92 Å². The molecule has 146 valence electrons. The Morgan fingerprint density at radius 2 is 2.19 bits per heavy atom. The van der Waals surface area contributed by atoms with E-state index in [1.165, 1.54) is 6.07 Å². The van der Waals surface area contributed by atoms with Crippen LogP contribution in [0.4, 0.5) is 5.82 Å². The summed E-state index contributed by atoms with van der Waals surface area (Å²) in [5.74, 6) is 1.79. The van der Waals surface area contributed by atoms with E-state index in [9.17, 15) is 8.42 Å². The molecule has 0 bridgehead atoms. The number of aromatic nitrogens is 1. The summed E-state index contributed by atoms with van der Waals surface area (Å²) in [6.07, 6.45) is 3.86. The number of pyridine rings is 1. The molecule has 1 aliphatic heterocycles. The molecule has 1 aromatic heterocycles. The number of primary sulfonamides is 1. The van der Waals surface area contributed by atoms with Gasteiger partial charge in [0.2, 0.25) is 0 Å². The van der Waals surface area contributed by atoms with E-state index in [0.717, 1.165) is 32.2 Å². The molecule has 0 amide bonds. The van der Waals surface area contributed by atoms with Crippen LogP contribution in [0.25, 0.3) is 0 Å². The molecule has 4 N–H and O–H groups in total. The number of nitrogens with one attached hydrogen (secondary N) is 2. The maximum Gasteiger partial charge on any atom is 0.255 e. The Morgan fingerprint density at radius 3 is 2.81 bits per heavy atom. The number of rotatable bonds is 7. The van der Waals surface area contributed by atoms with Gasteiger partial charge in [-0.25, -0.2) is 18.5 Å². The van der Waals surface area contributed by atoms with Crippen LogP contribution in [0.2, 0.25) is 0 Å². The SMILES string of the molecule is CCC(=N)N1CC(CCC(C)Nc2cccc(S(N)(=O)=O)n2)CC1(C)C. The van der Waals surface area contributed by atoms with Crippen molar-refractivity contribution in [3.63, 3.8) is 0 Å². The van der Waals surface area contributed by atoms with Crippen molar-refractivity contribution in [2.45, 2.75) is 70.0 Å². The Bertz CT molecular complexity index is 748. The average Bonchev–Trinajstić information content (AvgIpc) is 2.86. The molecular weight excluding hydrogens is 350 g/mol. The van der Waals surface area contributed by atoms with E-state index in [4.69, 9.17) is 10.5 Å². The Balaban J connectivity index is 1.90. The Morgan fingerprint density at radius 1 is 1.50 bits per heavy atom. The van der Waals surface area contributed by atoms with E-state index in [1.54, 1.807) is 12.1 Å². The number of sulfonamides is 1. The normalized spacial score (nSPS) is 20.8. The minimum absolute atomic E-state index is 0.0415. The number of anilines is 1. The molecule has 0 spiro atoms. The van der Waals surface area contributed by atoms with Gasteiger partial charge in [0.15, 0.2) is 5.03 Å². The highest BCUT2D eigenvalue weighted by Gasteiger charge is 2.38. The number of hydrogen-bond acceptors (Lipinski definition) is 5. The zero-order chi connectivity index (χ0) is 19.5. The van der Waals surface area contributed by atoms with Crippen molar-refractivity contribution >= 4 is 21.7 Å². The van der Waals surface area contributed by atoms with Gasteiger partial charge in [0.1, 0.15) is 5.82 Å². The summed E-state index contributed by atoms with van der Waals surface area (Å²) in [5.41, 5.74) is 0.0415. The summed E-state index contributed by atoms with van der Waals surface area (Å²) in [5, 5.41) is 16.4. The molecule has 1 aliphatic rings. The van der Waals surface area contributed by atoms with Gasteiger partial charge in [0.25, 0.3) is 10.0 Å². The molecule has 0 aliphatic carbocycles. The van der Waals surface area contributed by atoms with Gasteiger partial charge < -0.3 is 10.2 Å². The van der Waals surface area contributed by atoms with Crippen LogP contribution in [0.5, 0.6) is 0 Å². The lowest BCUT2D eigenvalue weighted by Gasteiger charge is -2.33. The highest BCUT2D eigenvalue weighted by Crippen LogP contribution is 2.35. The van der Waals surface area contributed by atoms with E-state index >= 15 is 0 Å². The molecule has 0 radical (unpaired) electrons. The minimum Gasteiger partial charge on any atom is -0.368 e. The van der Waals surface area contributed by atoms with E-state index in [-0.39, 0.29) is 16.6 Å². The number of nitrogens with two attached hydrogens (primary N) is 1. The Hall–Kier alpha value is -1.67. The van der Waals surface area contributed by atoms with Crippen LogP contribution in [-0.2, 0) is 10.0 Å². The minimum atomic E-state index is -3.79. The third-order valence-corrected chi connectivity index (χ3v) is 5.85. The molecule has 2 atom stereocenters. The molecule has 2 heterocycles. The fourth-order valence-electron chi connectivity index (χ4n) is 3.71. The third-order valence-electron chi connectivity index (χ3n) is 5.04. The molecule has 1 fully saturated rings. The fourth-order valence-corrected chi connectivity index (χ4v) is 4.20. The summed E-state index contributed by atoms with van der Waals surface area (Å²) in [4.78, 5) is 6.30. The monoisotopic (exact) mass is 381 g/mol. The summed E-state index contributed by atoms with van der Waals surface area (Å²) >= 11 is 0. The predicted octanol–water partition coefficient (Wildman–Crippen LogP) is 2.80. The van der Waals surface area contributed by atoms with Crippen molar-refractivity contribution in [1.82, 2.24) is 9.88 Å². The number of likely N-dealkylation sites (tertiary alicyclic amines) is 1. The molecule has 0 aromatic carbocycles. The second-order valence-corrected chi connectivity index (χ2v) is 9.33. The van der Waals surface area contributed by atoms with Gasteiger partial charge in [0.05, 0.1) is 5.84 Å².